The zero-order chi connectivity index (χ0) is 14.3. The number of hydrogen-bond donors (Lipinski definition) is 1. The van der Waals surface area contributed by atoms with E-state index >= 15 is 0 Å². The molecule has 1 amide bonds. The lowest BCUT2D eigenvalue weighted by molar-refractivity contribution is -0.126. The van der Waals surface area contributed by atoms with Crippen molar-refractivity contribution >= 4 is 17.7 Å². The zero-order valence-corrected chi connectivity index (χ0v) is 12.1. The lowest BCUT2D eigenvalue weighted by Gasteiger charge is -2.22. The standard InChI is InChI=1S/C16H24N2O/c1-4-13(3)12-18(5-2)16(19)10-9-14-7-6-8-15(17)11-14/h6-11,13H,4-5,12,17H2,1-3H3/b10-9+. The van der Waals surface area contributed by atoms with E-state index in [1.165, 1.54) is 0 Å². The van der Waals surface area contributed by atoms with Gasteiger partial charge in [0.05, 0.1) is 0 Å². The van der Waals surface area contributed by atoms with Crippen LogP contribution in [0.15, 0.2) is 30.3 Å². The predicted octanol–water partition coefficient (Wildman–Crippen LogP) is 3.18. The maximum Gasteiger partial charge on any atom is 0.246 e. The number of rotatable bonds is 6. The second kappa shape index (κ2) is 7.62. The van der Waals surface area contributed by atoms with Crippen molar-refractivity contribution in [1.82, 2.24) is 4.90 Å². The first kappa shape index (κ1) is 15.3. The minimum atomic E-state index is 0.0604. The number of hydrogen-bond acceptors (Lipinski definition) is 2. The average molecular weight is 260 g/mol. The van der Waals surface area contributed by atoms with Crippen LogP contribution in [0, 0.1) is 5.92 Å². The number of likely N-dealkylation sites (N-methyl/N-ethyl adjacent to an activating group) is 1. The molecule has 104 valence electrons. The first-order valence-corrected chi connectivity index (χ1v) is 6.89. The third-order valence-electron chi connectivity index (χ3n) is 3.25. The number of carbonyl (C=O) groups excluding carboxylic acids is 1. The molecule has 2 N–H and O–H groups in total. The van der Waals surface area contributed by atoms with Gasteiger partial charge < -0.3 is 10.6 Å². The van der Waals surface area contributed by atoms with Crippen LogP contribution in [0.3, 0.4) is 0 Å². The Kier molecular flexibility index (Phi) is 6.13. The monoisotopic (exact) mass is 260 g/mol. The summed E-state index contributed by atoms with van der Waals surface area (Å²) in [6.07, 6.45) is 4.53. The predicted molar refractivity (Wildman–Crippen MR) is 81.6 cm³/mol. The van der Waals surface area contributed by atoms with Crippen LogP contribution < -0.4 is 5.73 Å². The van der Waals surface area contributed by atoms with Gasteiger partial charge in [-0.05, 0) is 36.6 Å². The third-order valence-corrected chi connectivity index (χ3v) is 3.25. The number of carbonyl (C=O) groups is 1. The lowest BCUT2D eigenvalue weighted by atomic mass is 10.1. The summed E-state index contributed by atoms with van der Waals surface area (Å²) in [5.74, 6) is 0.592. The SMILES string of the molecule is CCC(C)CN(CC)C(=O)/C=C/c1cccc(N)c1. The maximum absolute atomic E-state index is 12.1. The van der Waals surface area contributed by atoms with Crippen LogP contribution in [0.4, 0.5) is 5.69 Å². The van der Waals surface area contributed by atoms with E-state index in [1.807, 2.05) is 42.2 Å². The molecule has 3 nitrogen and oxygen atoms in total. The molecule has 19 heavy (non-hydrogen) atoms. The molecule has 0 saturated heterocycles. The minimum absolute atomic E-state index is 0.0604. The molecule has 3 heteroatoms. The third kappa shape index (κ3) is 5.16. The highest BCUT2D eigenvalue weighted by molar-refractivity contribution is 5.91. The van der Waals surface area contributed by atoms with Gasteiger partial charge in [0.2, 0.25) is 5.91 Å². The number of benzene rings is 1. The number of nitrogens with zero attached hydrogens (tertiary/aromatic N) is 1. The largest absolute Gasteiger partial charge is 0.399 e. The fraction of sp³-hybridized carbons (Fsp3) is 0.438. The Morgan fingerprint density at radius 1 is 1.42 bits per heavy atom. The second-order valence-corrected chi connectivity index (χ2v) is 4.89. The molecule has 1 aromatic rings. The highest BCUT2D eigenvalue weighted by Gasteiger charge is 2.11. The van der Waals surface area contributed by atoms with E-state index in [-0.39, 0.29) is 5.91 Å². The van der Waals surface area contributed by atoms with Crippen LogP contribution in [-0.4, -0.2) is 23.9 Å². The molecule has 0 aliphatic carbocycles. The van der Waals surface area contributed by atoms with Gasteiger partial charge in [-0.25, -0.2) is 0 Å². The van der Waals surface area contributed by atoms with Crippen LogP contribution in [0.2, 0.25) is 0 Å². The molecule has 1 rings (SSSR count). The number of anilines is 1. The molecule has 0 aliphatic rings. The summed E-state index contributed by atoms with van der Waals surface area (Å²) in [6.45, 7) is 7.87. The molecule has 1 aromatic carbocycles. The minimum Gasteiger partial charge on any atom is -0.399 e. The Morgan fingerprint density at radius 3 is 2.74 bits per heavy atom. The summed E-state index contributed by atoms with van der Waals surface area (Å²) in [7, 11) is 0. The fourth-order valence-corrected chi connectivity index (χ4v) is 1.82. The molecule has 0 aromatic heterocycles. The van der Waals surface area contributed by atoms with Gasteiger partial charge >= 0.3 is 0 Å². The van der Waals surface area contributed by atoms with Crippen molar-refractivity contribution in [3.63, 3.8) is 0 Å². The van der Waals surface area contributed by atoms with Crippen molar-refractivity contribution in [2.75, 3.05) is 18.8 Å². The van der Waals surface area contributed by atoms with Crippen LogP contribution in [0.25, 0.3) is 6.08 Å². The van der Waals surface area contributed by atoms with Gasteiger partial charge in [-0.3, -0.25) is 4.79 Å². The zero-order valence-electron chi connectivity index (χ0n) is 12.1. The summed E-state index contributed by atoms with van der Waals surface area (Å²) in [4.78, 5) is 14.0. The van der Waals surface area contributed by atoms with E-state index in [9.17, 15) is 4.79 Å². The van der Waals surface area contributed by atoms with Gasteiger partial charge in [0.1, 0.15) is 0 Å². The molecule has 0 spiro atoms. The van der Waals surface area contributed by atoms with Crippen molar-refractivity contribution in [3.8, 4) is 0 Å². The topological polar surface area (TPSA) is 46.3 Å². The van der Waals surface area contributed by atoms with Crippen LogP contribution in [0.5, 0.6) is 0 Å². The van der Waals surface area contributed by atoms with Crippen molar-refractivity contribution in [2.24, 2.45) is 5.92 Å². The summed E-state index contributed by atoms with van der Waals surface area (Å²) in [6, 6.07) is 7.51. The van der Waals surface area contributed by atoms with E-state index < -0.39 is 0 Å². The molecule has 0 saturated carbocycles. The molecule has 0 heterocycles. The summed E-state index contributed by atoms with van der Waals surface area (Å²) >= 11 is 0. The van der Waals surface area contributed by atoms with E-state index in [0.717, 1.165) is 25.1 Å². The fourth-order valence-electron chi connectivity index (χ4n) is 1.82. The first-order chi connectivity index (χ1) is 9.06. The van der Waals surface area contributed by atoms with Crippen molar-refractivity contribution in [1.29, 1.82) is 0 Å². The quantitative estimate of drug-likeness (QED) is 0.631. The Bertz CT molecular complexity index is 440. The molecule has 0 fully saturated rings. The molecular weight excluding hydrogens is 236 g/mol. The van der Waals surface area contributed by atoms with E-state index in [1.54, 1.807) is 6.08 Å². The molecule has 1 atom stereocenters. The highest BCUT2D eigenvalue weighted by atomic mass is 16.2. The number of amides is 1. The molecule has 0 aliphatic heterocycles. The van der Waals surface area contributed by atoms with Crippen LogP contribution >= 0.6 is 0 Å². The van der Waals surface area contributed by atoms with Crippen molar-refractivity contribution in [3.05, 3.63) is 35.9 Å². The van der Waals surface area contributed by atoms with E-state index in [0.29, 0.717) is 11.6 Å². The van der Waals surface area contributed by atoms with Crippen molar-refractivity contribution in [2.45, 2.75) is 27.2 Å². The maximum atomic E-state index is 12.1. The smallest absolute Gasteiger partial charge is 0.246 e. The van der Waals surface area contributed by atoms with Crippen molar-refractivity contribution < 1.29 is 4.79 Å². The Labute approximate surface area is 116 Å². The van der Waals surface area contributed by atoms with E-state index in [4.69, 9.17) is 5.73 Å². The molecule has 0 bridgehead atoms. The van der Waals surface area contributed by atoms with Gasteiger partial charge in [-0.15, -0.1) is 0 Å². The van der Waals surface area contributed by atoms with Gasteiger partial charge in [-0.2, -0.15) is 0 Å². The highest BCUT2D eigenvalue weighted by Crippen LogP contribution is 2.09. The lowest BCUT2D eigenvalue weighted by Crippen LogP contribution is -2.33. The van der Waals surface area contributed by atoms with Crippen LogP contribution in [0.1, 0.15) is 32.8 Å². The number of nitrogen functional groups attached to an aromatic ring is 1. The summed E-state index contributed by atoms with van der Waals surface area (Å²) < 4.78 is 0. The summed E-state index contributed by atoms with van der Waals surface area (Å²) in [5, 5.41) is 0. The Hall–Kier alpha value is -1.77. The summed E-state index contributed by atoms with van der Waals surface area (Å²) in [5.41, 5.74) is 7.37. The first-order valence-electron chi connectivity index (χ1n) is 6.89. The normalized spacial score (nSPS) is 12.6. The van der Waals surface area contributed by atoms with Gasteiger partial charge in [-0.1, -0.05) is 32.4 Å². The second-order valence-electron chi connectivity index (χ2n) is 4.89. The molecule has 1 unspecified atom stereocenters. The van der Waals surface area contributed by atoms with Gasteiger partial charge in [0.15, 0.2) is 0 Å². The molecular formula is C16H24N2O. The Balaban J connectivity index is 2.66. The number of nitrogens with two attached hydrogens (primary N) is 1. The van der Waals surface area contributed by atoms with E-state index in [2.05, 4.69) is 13.8 Å². The molecule has 0 radical (unpaired) electrons. The van der Waals surface area contributed by atoms with Gasteiger partial charge in [0.25, 0.3) is 0 Å². The average Bonchev–Trinajstić information content (AvgIpc) is 2.41. The van der Waals surface area contributed by atoms with Crippen LogP contribution in [-0.2, 0) is 4.79 Å². The Morgan fingerprint density at radius 2 is 2.16 bits per heavy atom. The van der Waals surface area contributed by atoms with Gasteiger partial charge in [0, 0.05) is 24.9 Å².